The molecule has 0 fully saturated rings. The number of hydrogen-bond acceptors (Lipinski definition) is 13. The molecule has 8 N–H and O–H groups in total. The van der Waals surface area contributed by atoms with E-state index in [1.807, 2.05) is 0 Å². The van der Waals surface area contributed by atoms with Crippen molar-refractivity contribution in [2.45, 2.75) is 204 Å². The molecule has 0 bridgehead atoms. The van der Waals surface area contributed by atoms with Gasteiger partial charge < -0.3 is 45.6 Å². The second-order valence-electron chi connectivity index (χ2n) is 16.6. The molecule has 356 valence electrons. The second-order valence-corrected chi connectivity index (χ2v) is 16.6. The molecule has 13 heteroatoms. The fourth-order valence-corrected chi connectivity index (χ4v) is 7.34. The van der Waals surface area contributed by atoms with Crippen molar-refractivity contribution in [3.8, 4) is 0 Å². The van der Waals surface area contributed by atoms with Gasteiger partial charge >= 0.3 is 0 Å². The van der Waals surface area contributed by atoms with Crippen molar-refractivity contribution in [1.82, 2.24) is 0 Å². The maximum Gasteiger partial charge on any atom is 0.174 e. The molecular formula is C48H86O13. The van der Waals surface area contributed by atoms with E-state index in [4.69, 9.17) is 25.2 Å². The molecule has 4 unspecified atom stereocenters. The first-order valence-electron chi connectivity index (χ1n) is 23.8. The topological polar surface area (TPSA) is 239 Å². The summed E-state index contributed by atoms with van der Waals surface area (Å²) in [5.74, 6) is -5.63. The largest absolute Gasteiger partial charge is 0.393 e. The fourth-order valence-electron chi connectivity index (χ4n) is 7.34. The predicted octanol–water partition coefficient (Wildman–Crippen LogP) is 5.96. The fraction of sp³-hybridized carbons (Fsp3) is 0.833. The Kier molecular flexibility index (Phi) is 40.3. The minimum Gasteiger partial charge on any atom is -0.393 e. The number of Topliss-reactive ketones (excluding diaryl/α,β-unsaturated/α-hetero) is 4. The Morgan fingerprint density at radius 2 is 0.541 bits per heavy atom. The maximum atomic E-state index is 12.2. The van der Waals surface area contributed by atoms with Crippen molar-refractivity contribution in [1.29, 1.82) is 0 Å². The average molecular weight is 871 g/mol. The Morgan fingerprint density at radius 3 is 0.787 bits per heavy atom. The Morgan fingerprint density at radius 1 is 0.328 bits per heavy atom. The van der Waals surface area contributed by atoms with E-state index in [1.54, 1.807) is 0 Å². The van der Waals surface area contributed by atoms with E-state index in [1.165, 1.54) is 64.2 Å². The number of carbonyl (C=O) groups excluding carboxylic acids is 4. The highest BCUT2D eigenvalue weighted by Gasteiger charge is 2.35. The number of ketones is 4. The summed E-state index contributed by atoms with van der Waals surface area (Å²) in [6.07, 6.45) is 30.8. The van der Waals surface area contributed by atoms with Crippen LogP contribution in [0.25, 0.3) is 0 Å². The van der Waals surface area contributed by atoms with Gasteiger partial charge in [0.2, 0.25) is 0 Å². The van der Waals surface area contributed by atoms with Crippen LogP contribution in [-0.2, 0) is 23.9 Å². The number of allylic oxidation sites excluding steroid dienone is 4. The standard InChI is InChI=1S/C48H86O13/c49-35-41(53)45(57)39(46(58)42(54)36-50)31-27-23-19-15-11-7-3-1-5-9-13-17-21-25-29-33-61-34-30-26-22-18-14-10-6-2-4-8-12-16-20-24-28-32-40(47(59)43(55)37-51)48(60)44(56)38-52/h1-4,39-44,49-56H,5-38H2/b3-1-,4-2-. The van der Waals surface area contributed by atoms with Gasteiger partial charge in [-0.3, -0.25) is 19.2 Å². The van der Waals surface area contributed by atoms with Crippen LogP contribution in [0.4, 0.5) is 0 Å². The zero-order valence-electron chi connectivity index (χ0n) is 37.4. The van der Waals surface area contributed by atoms with Gasteiger partial charge in [-0.25, -0.2) is 0 Å². The molecule has 0 radical (unpaired) electrons. The van der Waals surface area contributed by atoms with Gasteiger partial charge in [-0.1, -0.05) is 127 Å². The quantitative estimate of drug-likeness (QED) is 0.0201. The molecule has 0 aliphatic carbocycles. The average Bonchev–Trinajstić information content (AvgIpc) is 3.27. The highest BCUT2D eigenvalue weighted by molar-refractivity contribution is 6.06. The van der Waals surface area contributed by atoms with E-state index in [-0.39, 0.29) is 12.8 Å². The van der Waals surface area contributed by atoms with E-state index >= 15 is 0 Å². The summed E-state index contributed by atoms with van der Waals surface area (Å²) in [6, 6.07) is 0. The van der Waals surface area contributed by atoms with Crippen LogP contribution in [0.15, 0.2) is 24.3 Å². The van der Waals surface area contributed by atoms with E-state index < -0.39 is 85.8 Å². The van der Waals surface area contributed by atoms with Gasteiger partial charge in [0.15, 0.2) is 23.1 Å². The smallest absolute Gasteiger partial charge is 0.174 e. The number of aliphatic hydroxyl groups excluding tert-OH is 8. The van der Waals surface area contributed by atoms with Gasteiger partial charge in [0.1, 0.15) is 24.4 Å². The molecular weight excluding hydrogens is 785 g/mol. The van der Waals surface area contributed by atoms with Crippen molar-refractivity contribution in [2.75, 3.05) is 39.6 Å². The third-order valence-electron chi connectivity index (χ3n) is 11.3. The van der Waals surface area contributed by atoms with Crippen LogP contribution in [0.5, 0.6) is 0 Å². The van der Waals surface area contributed by atoms with Crippen LogP contribution in [0.3, 0.4) is 0 Å². The van der Waals surface area contributed by atoms with Crippen molar-refractivity contribution >= 4 is 23.1 Å². The van der Waals surface area contributed by atoms with Crippen molar-refractivity contribution in [3.05, 3.63) is 24.3 Å². The van der Waals surface area contributed by atoms with Gasteiger partial charge in [0.25, 0.3) is 0 Å². The third kappa shape index (κ3) is 31.3. The van der Waals surface area contributed by atoms with Gasteiger partial charge in [0.05, 0.1) is 38.3 Å². The molecule has 0 aromatic carbocycles. The van der Waals surface area contributed by atoms with E-state index in [0.29, 0.717) is 12.8 Å². The molecule has 0 aliphatic heterocycles. The Labute approximate surface area is 367 Å². The summed E-state index contributed by atoms with van der Waals surface area (Å²) in [5.41, 5.74) is 0. The SMILES string of the molecule is O=C(C(O)CO)C(CCCCCCC/C=C\CCCCCCCCOCCCCCCCC/C=C\CCCCCCCC(C(=O)C(O)CO)C(=O)C(O)CO)C(=O)C(O)CO. The van der Waals surface area contributed by atoms with Gasteiger partial charge in [0, 0.05) is 13.2 Å². The van der Waals surface area contributed by atoms with Crippen LogP contribution in [0.2, 0.25) is 0 Å². The van der Waals surface area contributed by atoms with Crippen molar-refractivity contribution < 1.29 is 64.8 Å². The molecule has 0 saturated heterocycles. The second kappa shape index (κ2) is 41.8. The van der Waals surface area contributed by atoms with E-state index in [9.17, 15) is 39.6 Å². The monoisotopic (exact) mass is 871 g/mol. The molecule has 13 nitrogen and oxygen atoms in total. The summed E-state index contributed by atoms with van der Waals surface area (Å²) in [5, 5.41) is 74.7. The number of carbonyl (C=O) groups is 4. The van der Waals surface area contributed by atoms with Crippen LogP contribution in [0.1, 0.15) is 180 Å². The molecule has 4 atom stereocenters. The minimum absolute atomic E-state index is 0.187. The third-order valence-corrected chi connectivity index (χ3v) is 11.3. The lowest BCUT2D eigenvalue weighted by atomic mass is 9.87. The van der Waals surface area contributed by atoms with E-state index in [2.05, 4.69) is 24.3 Å². The van der Waals surface area contributed by atoms with Gasteiger partial charge in [-0.15, -0.1) is 0 Å². The van der Waals surface area contributed by atoms with Crippen molar-refractivity contribution in [3.63, 3.8) is 0 Å². The van der Waals surface area contributed by atoms with Gasteiger partial charge in [-0.2, -0.15) is 0 Å². The summed E-state index contributed by atoms with van der Waals surface area (Å²) >= 11 is 0. The van der Waals surface area contributed by atoms with Crippen LogP contribution < -0.4 is 0 Å². The molecule has 0 spiro atoms. The Hall–Kier alpha value is -2.20. The Bertz CT molecular complexity index is 1010. The molecule has 0 rings (SSSR count). The minimum atomic E-state index is -1.66. The van der Waals surface area contributed by atoms with Crippen molar-refractivity contribution in [2.24, 2.45) is 11.8 Å². The summed E-state index contributed by atoms with van der Waals surface area (Å²) in [4.78, 5) is 48.9. The summed E-state index contributed by atoms with van der Waals surface area (Å²) in [6.45, 7) is -1.40. The number of rotatable bonds is 46. The summed E-state index contributed by atoms with van der Waals surface area (Å²) in [7, 11) is 0. The molecule has 0 aromatic rings. The summed E-state index contributed by atoms with van der Waals surface area (Å²) < 4.78 is 5.84. The van der Waals surface area contributed by atoms with Crippen LogP contribution in [0, 0.1) is 11.8 Å². The lowest BCUT2D eigenvalue weighted by Gasteiger charge is -2.19. The number of ether oxygens (including phenoxy) is 1. The van der Waals surface area contributed by atoms with Gasteiger partial charge in [-0.05, 0) is 77.0 Å². The zero-order valence-corrected chi connectivity index (χ0v) is 37.4. The first kappa shape index (κ1) is 58.8. The maximum absolute atomic E-state index is 12.2. The predicted molar refractivity (Wildman–Crippen MR) is 238 cm³/mol. The van der Waals surface area contributed by atoms with E-state index in [0.717, 1.165) is 103 Å². The highest BCUT2D eigenvalue weighted by Crippen LogP contribution is 2.20. The molecule has 0 saturated carbocycles. The number of hydrogen-bond donors (Lipinski definition) is 8. The number of aliphatic hydroxyl groups is 8. The van der Waals surface area contributed by atoms with Crippen LogP contribution >= 0.6 is 0 Å². The normalized spacial score (nSPS) is 15.0. The lowest BCUT2D eigenvalue weighted by molar-refractivity contribution is -0.146. The molecule has 0 amide bonds. The number of unbranched alkanes of at least 4 members (excludes halogenated alkanes) is 22. The lowest BCUT2D eigenvalue weighted by Crippen LogP contribution is -2.41. The highest BCUT2D eigenvalue weighted by atomic mass is 16.5. The molecule has 61 heavy (non-hydrogen) atoms. The van der Waals surface area contributed by atoms with Crippen LogP contribution in [-0.4, -0.2) is 128 Å². The zero-order chi connectivity index (χ0) is 45.4. The Balaban J connectivity index is 3.56. The first-order chi connectivity index (χ1) is 29.6. The first-order valence-corrected chi connectivity index (χ1v) is 23.8. The molecule has 0 aliphatic rings. The molecule has 0 aromatic heterocycles. The molecule has 0 heterocycles.